The Morgan fingerprint density at radius 2 is 2.19 bits per heavy atom. The van der Waals surface area contributed by atoms with Crippen molar-refractivity contribution < 1.29 is 14.7 Å². The maximum atomic E-state index is 11.5. The Bertz CT molecular complexity index is 395. The third kappa shape index (κ3) is 4.39. The maximum Gasteiger partial charge on any atom is 0.303 e. The number of aliphatic carboxylic acids is 1. The predicted molar refractivity (Wildman–Crippen MR) is 61.1 cm³/mol. The van der Waals surface area contributed by atoms with Crippen LogP contribution in [0.15, 0.2) is 22.8 Å². The zero-order valence-corrected chi connectivity index (χ0v) is 10.0. The molecule has 0 spiro atoms. The van der Waals surface area contributed by atoms with Crippen LogP contribution in [0.25, 0.3) is 0 Å². The Hall–Kier alpha value is -1.43. The van der Waals surface area contributed by atoms with Gasteiger partial charge in [0.05, 0.1) is 0 Å². The number of carboxylic acids is 1. The van der Waals surface area contributed by atoms with Crippen LogP contribution < -0.4 is 5.32 Å². The van der Waals surface area contributed by atoms with E-state index < -0.39 is 5.97 Å². The summed E-state index contributed by atoms with van der Waals surface area (Å²) in [5.74, 6) is -1.17. The lowest BCUT2D eigenvalue weighted by molar-refractivity contribution is -0.137. The van der Waals surface area contributed by atoms with Gasteiger partial charge >= 0.3 is 5.97 Å². The molecule has 1 amide bonds. The van der Waals surface area contributed by atoms with Crippen molar-refractivity contribution in [2.24, 2.45) is 0 Å². The number of halogens is 1. The lowest BCUT2D eigenvalue weighted by Crippen LogP contribution is -2.25. The molecule has 0 radical (unpaired) electrons. The molecule has 1 aromatic heterocycles. The summed E-state index contributed by atoms with van der Waals surface area (Å²) in [5.41, 5.74) is 0.310. The van der Waals surface area contributed by atoms with E-state index in [0.29, 0.717) is 23.3 Å². The molecule has 0 atom stereocenters. The maximum absolute atomic E-state index is 11.5. The molecule has 0 saturated heterocycles. The van der Waals surface area contributed by atoms with Crippen molar-refractivity contribution in [3.05, 3.63) is 28.5 Å². The number of pyridine rings is 1. The lowest BCUT2D eigenvalue weighted by atomic mass is 10.3. The number of hydrogen-bond donors (Lipinski definition) is 2. The predicted octanol–water partition coefficient (Wildman–Crippen LogP) is 1.44. The van der Waals surface area contributed by atoms with Crippen molar-refractivity contribution in [3.63, 3.8) is 0 Å². The second-order valence-electron chi connectivity index (χ2n) is 3.10. The molecule has 16 heavy (non-hydrogen) atoms. The van der Waals surface area contributed by atoms with Crippen LogP contribution >= 0.6 is 15.9 Å². The molecule has 0 aliphatic heterocycles. The number of nitrogens with zero attached hydrogens (tertiary/aromatic N) is 1. The minimum atomic E-state index is -0.866. The first kappa shape index (κ1) is 12.6. The van der Waals surface area contributed by atoms with Crippen LogP contribution in [0.2, 0.25) is 0 Å². The molecule has 1 aromatic rings. The van der Waals surface area contributed by atoms with E-state index in [4.69, 9.17) is 5.11 Å². The second kappa shape index (κ2) is 6.22. The Kier molecular flexibility index (Phi) is 4.91. The summed E-state index contributed by atoms with van der Waals surface area (Å²) >= 11 is 3.16. The lowest BCUT2D eigenvalue weighted by Gasteiger charge is -2.03. The van der Waals surface area contributed by atoms with Gasteiger partial charge in [0.15, 0.2) is 0 Å². The SMILES string of the molecule is O=C(O)CCCNC(=O)c1cccc(Br)n1. The average Bonchev–Trinajstić information content (AvgIpc) is 2.24. The van der Waals surface area contributed by atoms with Crippen molar-refractivity contribution in [1.29, 1.82) is 0 Å². The summed E-state index contributed by atoms with van der Waals surface area (Å²) in [6, 6.07) is 5.03. The molecule has 86 valence electrons. The van der Waals surface area contributed by atoms with Gasteiger partial charge in [0.25, 0.3) is 5.91 Å². The summed E-state index contributed by atoms with van der Waals surface area (Å²) < 4.78 is 0.589. The molecule has 0 aliphatic rings. The fourth-order valence-electron chi connectivity index (χ4n) is 1.07. The molecule has 1 heterocycles. The number of rotatable bonds is 5. The number of carboxylic acid groups (broad SMARTS) is 1. The number of carbonyl (C=O) groups excluding carboxylic acids is 1. The highest BCUT2D eigenvalue weighted by molar-refractivity contribution is 9.10. The van der Waals surface area contributed by atoms with E-state index in [1.165, 1.54) is 0 Å². The molecule has 5 nitrogen and oxygen atoms in total. The van der Waals surface area contributed by atoms with Gasteiger partial charge in [-0.05, 0) is 34.5 Å². The van der Waals surface area contributed by atoms with Gasteiger partial charge in [-0.1, -0.05) is 6.07 Å². The van der Waals surface area contributed by atoms with Crippen molar-refractivity contribution in [1.82, 2.24) is 10.3 Å². The van der Waals surface area contributed by atoms with Gasteiger partial charge in [0, 0.05) is 13.0 Å². The topological polar surface area (TPSA) is 79.3 Å². The normalized spacial score (nSPS) is 9.81. The molecule has 0 unspecified atom stereocenters. The first-order valence-electron chi connectivity index (χ1n) is 4.72. The van der Waals surface area contributed by atoms with Crippen LogP contribution in [0.4, 0.5) is 0 Å². The second-order valence-corrected chi connectivity index (χ2v) is 3.91. The zero-order chi connectivity index (χ0) is 12.0. The van der Waals surface area contributed by atoms with Crippen molar-refractivity contribution >= 4 is 27.8 Å². The molecule has 0 fully saturated rings. The van der Waals surface area contributed by atoms with Gasteiger partial charge in [0.2, 0.25) is 0 Å². The van der Waals surface area contributed by atoms with Gasteiger partial charge in [-0.15, -0.1) is 0 Å². The quantitative estimate of drug-likeness (QED) is 0.634. The minimum Gasteiger partial charge on any atom is -0.481 e. The Labute approximate surface area is 101 Å². The van der Waals surface area contributed by atoms with Gasteiger partial charge in [-0.3, -0.25) is 9.59 Å². The summed E-state index contributed by atoms with van der Waals surface area (Å²) in [6.07, 6.45) is 0.460. The first-order chi connectivity index (χ1) is 7.59. The summed E-state index contributed by atoms with van der Waals surface area (Å²) in [6.45, 7) is 0.333. The molecule has 0 bridgehead atoms. The zero-order valence-electron chi connectivity index (χ0n) is 8.44. The Morgan fingerprint density at radius 3 is 2.81 bits per heavy atom. The number of aromatic nitrogens is 1. The molecule has 2 N–H and O–H groups in total. The fourth-order valence-corrected chi connectivity index (χ4v) is 1.41. The van der Waals surface area contributed by atoms with Crippen LogP contribution in [-0.2, 0) is 4.79 Å². The molecule has 0 aliphatic carbocycles. The molecule has 0 aromatic carbocycles. The molecular formula is C10H11BrN2O3. The fraction of sp³-hybridized carbons (Fsp3) is 0.300. The largest absolute Gasteiger partial charge is 0.481 e. The number of amides is 1. The number of carbonyl (C=O) groups is 2. The molecule has 0 saturated carbocycles. The van der Waals surface area contributed by atoms with Gasteiger partial charge in [-0.2, -0.15) is 0 Å². The number of nitrogens with one attached hydrogen (secondary N) is 1. The summed E-state index contributed by atoms with van der Waals surface area (Å²) in [4.78, 5) is 25.7. The smallest absolute Gasteiger partial charge is 0.303 e. The van der Waals surface area contributed by atoms with E-state index in [1.807, 2.05) is 0 Å². The van der Waals surface area contributed by atoms with Crippen molar-refractivity contribution in [3.8, 4) is 0 Å². The third-order valence-corrected chi connectivity index (χ3v) is 2.24. The van der Waals surface area contributed by atoms with Crippen molar-refractivity contribution in [2.45, 2.75) is 12.8 Å². The molecule has 1 rings (SSSR count). The van der Waals surface area contributed by atoms with Crippen LogP contribution in [-0.4, -0.2) is 28.5 Å². The van der Waals surface area contributed by atoms with Gasteiger partial charge in [0.1, 0.15) is 10.3 Å². The van der Waals surface area contributed by atoms with Crippen LogP contribution in [0.1, 0.15) is 23.3 Å². The Balaban J connectivity index is 2.38. The Morgan fingerprint density at radius 1 is 1.44 bits per heavy atom. The number of hydrogen-bond acceptors (Lipinski definition) is 3. The highest BCUT2D eigenvalue weighted by atomic mass is 79.9. The van der Waals surface area contributed by atoms with E-state index in [1.54, 1.807) is 18.2 Å². The monoisotopic (exact) mass is 286 g/mol. The highest BCUT2D eigenvalue weighted by Crippen LogP contribution is 2.05. The summed E-state index contributed by atoms with van der Waals surface area (Å²) in [5, 5.41) is 11.0. The summed E-state index contributed by atoms with van der Waals surface area (Å²) in [7, 11) is 0. The molecular weight excluding hydrogens is 276 g/mol. The van der Waals surface area contributed by atoms with Crippen molar-refractivity contribution in [2.75, 3.05) is 6.54 Å². The highest BCUT2D eigenvalue weighted by Gasteiger charge is 2.06. The van der Waals surface area contributed by atoms with E-state index in [9.17, 15) is 9.59 Å². The standard InChI is InChI=1S/C10H11BrN2O3/c11-8-4-1-3-7(13-8)10(16)12-6-2-5-9(14)15/h1,3-4H,2,5-6H2,(H,12,16)(H,14,15). The van der Waals surface area contributed by atoms with Gasteiger partial charge < -0.3 is 10.4 Å². The van der Waals surface area contributed by atoms with Gasteiger partial charge in [-0.25, -0.2) is 4.98 Å². The van der Waals surface area contributed by atoms with Crippen LogP contribution in [0, 0.1) is 0 Å². The van der Waals surface area contributed by atoms with Crippen LogP contribution in [0.5, 0.6) is 0 Å². The molecule has 6 heteroatoms. The van der Waals surface area contributed by atoms with E-state index in [0.717, 1.165) is 0 Å². The average molecular weight is 287 g/mol. The third-order valence-electron chi connectivity index (χ3n) is 1.80. The van der Waals surface area contributed by atoms with E-state index in [2.05, 4.69) is 26.2 Å². The minimum absolute atomic E-state index is 0.0478. The van der Waals surface area contributed by atoms with E-state index in [-0.39, 0.29) is 12.3 Å². The van der Waals surface area contributed by atoms with E-state index >= 15 is 0 Å². The van der Waals surface area contributed by atoms with Crippen LogP contribution in [0.3, 0.4) is 0 Å². The first-order valence-corrected chi connectivity index (χ1v) is 5.51.